The topological polar surface area (TPSA) is 46.3 Å². The number of fused-ring (bicyclic) bond motifs is 1. The average Bonchev–Trinajstić information content (AvgIpc) is 3.16. The minimum absolute atomic E-state index is 0.0942. The summed E-state index contributed by atoms with van der Waals surface area (Å²) >= 11 is 0. The lowest BCUT2D eigenvalue weighted by atomic mass is 10.1. The molecule has 0 radical (unpaired) electrons. The molecule has 0 bridgehead atoms. The van der Waals surface area contributed by atoms with Gasteiger partial charge in [-0.2, -0.15) is 0 Å². The average molecular weight is 354 g/mol. The van der Waals surface area contributed by atoms with Gasteiger partial charge in [-0.1, -0.05) is 59.8 Å². The minimum atomic E-state index is -0.0942. The van der Waals surface area contributed by atoms with Gasteiger partial charge in [0.15, 0.2) is 5.76 Å². The molecule has 0 unspecified atom stereocenters. The zero-order chi connectivity index (χ0) is 18.6. The Morgan fingerprint density at radius 3 is 2.41 bits per heavy atom. The molecule has 4 aromatic rings. The first-order valence-electron chi connectivity index (χ1n) is 8.70. The van der Waals surface area contributed by atoms with Gasteiger partial charge in [-0.15, -0.1) is 6.58 Å². The van der Waals surface area contributed by atoms with E-state index in [-0.39, 0.29) is 5.91 Å². The molecule has 0 N–H and O–H groups in total. The summed E-state index contributed by atoms with van der Waals surface area (Å²) in [6.45, 7) is 4.21. The van der Waals surface area contributed by atoms with Gasteiger partial charge < -0.3 is 9.42 Å². The van der Waals surface area contributed by atoms with E-state index in [0.29, 0.717) is 17.9 Å². The highest BCUT2D eigenvalue weighted by Crippen LogP contribution is 2.30. The number of carbonyl (C=O) groups excluding carboxylic acids is 1. The molecule has 0 spiro atoms. The first-order valence-corrected chi connectivity index (χ1v) is 8.70. The first-order chi connectivity index (χ1) is 13.3. The maximum absolute atomic E-state index is 13.2. The second-order valence-corrected chi connectivity index (χ2v) is 6.15. The second kappa shape index (κ2) is 7.30. The Balaban J connectivity index is 1.77. The van der Waals surface area contributed by atoms with Crippen molar-refractivity contribution in [2.75, 3.05) is 11.4 Å². The van der Waals surface area contributed by atoms with E-state index in [9.17, 15) is 4.79 Å². The smallest absolute Gasteiger partial charge is 0.258 e. The molecule has 1 aromatic heterocycles. The lowest BCUT2D eigenvalue weighted by Gasteiger charge is -2.21. The van der Waals surface area contributed by atoms with Crippen LogP contribution < -0.4 is 4.90 Å². The van der Waals surface area contributed by atoms with Crippen LogP contribution in [0.2, 0.25) is 0 Å². The Morgan fingerprint density at radius 2 is 1.70 bits per heavy atom. The molecule has 0 saturated heterocycles. The summed E-state index contributed by atoms with van der Waals surface area (Å²) in [5.41, 5.74) is 3.06. The van der Waals surface area contributed by atoms with Crippen LogP contribution >= 0.6 is 0 Å². The predicted octanol–water partition coefficient (Wildman–Crippen LogP) is 5.33. The highest BCUT2D eigenvalue weighted by molar-refractivity contribution is 6.09. The van der Waals surface area contributed by atoms with Gasteiger partial charge in [0.25, 0.3) is 5.91 Å². The number of carbonyl (C=O) groups is 1. The number of benzene rings is 3. The third kappa shape index (κ3) is 3.25. The van der Waals surface area contributed by atoms with Crippen LogP contribution in [0.3, 0.4) is 0 Å². The molecule has 3 aromatic carbocycles. The van der Waals surface area contributed by atoms with Crippen molar-refractivity contribution in [3.8, 4) is 11.3 Å². The minimum Gasteiger partial charge on any atom is -0.355 e. The third-order valence-corrected chi connectivity index (χ3v) is 4.38. The van der Waals surface area contributed by atoms with Crippen molar-refractivity contribution < 1.29 is 9.32 Å². The standard InChI is InChI=1S/C23H18N2O2/c1-2-15-25(19-11-7-4-8-12-19)23(26)18-13-14-21-20(16-18)22(27-24-21)17-9-5-3-6-10-17/h2-14,16H,1,15H2. The Morgan fingerprint density at radius 1 is 1.00 bits per heavy atom. The van der Waals surface area contributed by atoms with Crippen molar-refractivity contribution >= 4 is 22.5 Å². The van der Waals surface area contributed by atoms with Gasteiger partial charge in [0.1, 0.15) is 5.52 Å². The SMILES string of the molecule is C=CCN(C(=O)c1ccc2noc(-c3ccccc3)c2c1)c1ccccc1. The van der Waals surface area contributed by atoms with Crippen LogP contribution in [0.15, 0.2) is 96.0 Å². The Kier molecular flexibility index (Phi) is 4.54. The summed E-state index contributed by atoms with van der Waals surface area (Å²) in [5, 5.41) is 4.94. The molecule has 0 saturated carbocycles. The van der Waals surface area contributed by atoms with E-state index in [2.05, 4.69) is 11.7 Å². The van der Waals surface area contributed by atoms with Gasteiger partial charge in [-0.3, -0.25) is 4.79 Å². The van der Waals surface area contributed by atoms with Crippen molar-refractivity contribution in [1.29, 1.82) is 0 Å². The predicted molar refractivity (Wildman–Crippen MR) is 108 cm³/mol. The van der Waals surface area contributed by atoms with Crippen molar-refractivity contribution in [3.05, 3.63) is 97.1 Å². The Labute approximate surface area is 157 Å². The number of amides is 1. The van der Waals surface area contributed by atoms with Crippen LogP contribution in [0.1, 0.15) is 10.4 Å². The van der Waals surface area contributed by atoms with Crippen molar-refractivity contribution in [3.63, 3.8) is 0 Å². The van der Waals surface area contributed by atoms with Crippen LogP contribution in [0.25, 0.3) is 22.2 Å². The van der Waals surface area contributed by atoms with Crippen LogP contribution in [-0.2, 0) is 0 Å². The number of para-hydroxylation sites is 1. The van der Waals surface area contributed by atoms with Gasteiger partial charge in [0.05, 0.1) is 5.39 Å². The fraction of sp³-hybridized carbons (Fsp3) is 0.0435. The summed E-state index contributed by atoms with van der Waals surface area (Å²) in [4.78, 5) is 14.9. The largest absolute Gasteiger partial charge is 0.355 e. The molecule has 4 nitrogen and oxygen atoms in total. The summed E-state index contributed by atoms with van der Waals surface area (Å²) in [5.74, 6) is 0.568. The highest BCUT2D eigenvalue weighted by Gasteiger charge is 2.19. The van der Waals surface area contributed by atoms with Gasteiger partial charge in [-0.05, 0) is 30.3 Å². The van der Waals surface area contributed by atoms with Gasteiger partial charge in [-0.25, -0.2) is 0 Å². The zero-order valence-corrected chi connectivity index (χ0v) is 14.7. The molecule has 27 heavy (non-hydrogen) atoms. The number of hydrogen-bond donors (Lipinski definition) is 0. The molecular weight excluding hydrogens is 336 g/mol. The van der Waals surface area contributed by atoms with E-state index in [4.69, 9.17) is 4.52 Å². The van der Waals surface area contributed by atoms with Crippen LogP contribution in [0.4, 0.5) is 5.69 Å². The van der Waals surface area contributed by atoms with E-state index in [1.807, 2.05) is 72.8 Å². The molecule has 0 atom stereocenters. The van der Waals surface area contributed by atoms with Crippen molar-refractivity contribution in [1.82, 2.24) is 5.16 Å². The molecule has 1 heterocycles. The quantitative estimate of drug-likeness (QED) is 0.455. The lowest BCUT2D eigenvalue weighted by molar-refractivity contribution is 0.0990. The van der Waals surface area contributed by atoms with Gasteiger partial charge >= 0.3 is 0 Å². The van der Waals surface area contributed by atoms with Crippen molar-refractivity contribution in [2.45, 2.75) is 0 Å². The number of nitrogens with zero attached hydrogens (tertiary/aromatic N) is 2. The summed E-state index contributed by atoms with van der Waals surface area (Å²) in [7, 11) is 0. The number of hydrogen-bond acceptors (Lipinski definition) is 3. The maximum Gasteiger partial charge on any atom is 0.258 e. The fourth-order valence-electron chi connectivity index (χ4n) is 3.07. The van der Waals surface area contributed by atoms with E-state index < -0.39 is 0 Å². The maximum atomic E-state index is 13.2. The van der Waals surface area contributed by atoms with Gasteiger partial charge in [0.2, 0.25) is 0 Å². The normalized spacial score (nSPS) is 10.7. The van der Waals surface area contributed by atoms with Crippen LogP contribution in [-0.4, -0.2) is 17.6 Å². The highest BCUT2D eigenvalue weighted by atomic mass is 16.5. The number of anilines is 1. The number of aromatic nitrogens is 1. The fourth-order valence-corrected chi connectivity index (χ4v) is 3.07. The van der Waals surface area contributed by atoms with Gasteiger partial charge in [0, 0.05) is 23.4 Å². The molecule has 132 valence electrons. The summed E-state index contributed by atoms with van der Waals surface area (Å²) in [6.07, 6.45) is 1.72. The van der Waals surface area contributed by atoms with E-state index >= 15 is 0 Å². The number of rotatable bonds is 5. The summed E-state index contributed by atoms with van der Waals surface area (Å²) in [6, 6.07) is 24.8. The third-order valence-electron chi connectivity index (χ3n) is 4.38. The second-order valence-electron chi connectivity index (χ2n) is 6.15. The lowest BCUT2D eigenvalue weighted by Crippen LogP contribution is -2.30. The summed E-state index contributed by atoms with van der Waals surface area (Å²) < 4.78 is 5.54. The van der Waals surface area contributed by atoms with E-state index in [1.165, 1.54) is 0 Å². The van der Waals surface area contributed by atoms with E-state index in [1.54, 1.807) is 17.0 Å². The Bertz CT molecular complexity index is 1090. The van der Waals surface area contributed by atoms with Crippen LogP contribution in [0, 0.1) is 0 Å². The molecule has 4 rings (SSSR count). The molecule has 1 amide bonds. The molecular formula is C23H18N2O2. The molecule has 0 aliphatic rings. The molecule has 0 aliphatic heterocycles. The van der Waals surface area contributed by atoms with Crippen LogP contribution in [0.5, 0.6) is 0 Å². The molecule has 4 heteroatoms. The first kappa shape index (κ1) is 16.8. The van der Waals surface area contributed by atoms with E-state index in [0.717, 1.165) is 22.2 Å². The zero-order valence-electron chi connectivity index (χ0n) is 14.7. The Hall–Kier alpha value is -3.66. The monoisotopic (exact) mass is 354 g/mol. The molecule has 0 fully saturated rings. The van der Waals surface area contributed by atoms with Crippen molar-refractivity contribution in [2.24, 2.45) is 0 Å². The molecule has 0 aliphatic carbocycles.